The van der Waals surface area contributed by atoms with Crippen LogP contribution in [0.1, 0.15) is 32.8 Å². The first-order chi connectivity index (χ1) is 8.75. The molecule has 0 saturated heterocycles. The number of benzene rings is 1. The van der Waals surface area contributed by atoms with Gasteiger partial charge in [-0.3, -0.25) is 0 Å². The fourth-order valence-corrected chi connectivity index (χ4v) is 3.63. The maximum Gasteiger partial charge on any atom is 0.283 e. The molecule has 0 fully saturated rings. The first-order valence-electron chi connectivity index (χ1n) is 6.36. The van der Waals surface area contributed by atoms with Gasteiger partial charge in [-0.25, -0.2) is 0 Å². The molecule has 0 saturated carbocycles. The molecule has 0 spiro atoms. The summed E-state index contributed by atoms with van der Waals surface area (Å²) in [6.45, 7) is 6.39. The van der Waals surface area contributed by atoms with E-state index in [1.54, 1.807) is 12.1 Å². The van der Waals surface area contributed by atoms with E-state index < -0.39 is 10.0 Å². The zero-order chi connectivity index (χ0) is 14.3. The van der Waals surface area contributed by atoms with Crippen LogP contribution in [0.15, 0.2) is 33.6 Å². The van der Waals surface area contributed by atoms with Gasteiger partial charge in [-0.2, -0.15) is 12.8 Å². The molecule has 104 valence electrons. The fourth-order valence-electron chi connectivity index (χ4n) is 2.36. The quantitative estimate of drug-likeness (QED) is 0.923. The summed E-state index contributed by atoms with van der Waals surface area (Å²) < 4.78 is 27.9. The zero-order valence-electron chi connectivity index (χ0n) is 11.8. The molecule has 1 unspecified atom stereocenters. The van der Waals surface area contributed by atoms with E-state index in [1.807, 2.05) is 19.2 Å². The van der Waals surface area contributed by atoms with E-state index in [1.165, 1.54) is 0 Å². The predicted molar refractivity (Wildman–Crippen MR) is 77.1 cm³/mol. The minimum Gasteiger partial charge on any atom is -0.316 e. The molecule has 0 aliphatic carbocycles. The van der Waals surface area contributed by atoms with E-state index in [0.717, 1.165) is 5.56 Å². The number of hydrogen-bond acceptors (Lipinski definition) is 3. The van der Waals surface area contributed by atoms with E-state index in [9.17, 15) is 8.42 Å². The third-order valence-corrected chi connectivity index (χ3v) is 4.87. The van der Waals surface area contributed by atoms with Crippen LogP contribution in [0.25, 0.3) is 0 Å². The van der Waals surface area contributed by atoms with Crippen LogP contribution in [0.4, 0.5) is 0 Å². The molecule has 5 heteroatoms. The largest absolute Gasteiger partial charge is 0.316 e. The van der Waals surface area contributed by atoms with E-state index in [0.29, 0.717) is 17.0 Å². The topological polar surface area (TPSA) is 58.5 Å². The molecule has 1 aliphatic rings. The molecule has 0 radical (unpaired) electrons. The minimum absolute atomic E-state index is 0.0402. The van der Waals surface area contributed by atoms with E-state index in [4.69, 9.17) is 0 Å². The monoisotopic (exact) mass is 280 g/mol. The summed E-state index contributed by atoms with van der Waals surface area (Å²) in [7, 11) is -1.60. The highest BCUT2D eigenvalue weighted by Crippen LogP contribution is 2.30. The maximum absolute atomic E-state index is 12.0. The van der Waals surface area contributed by atoms with Gasteiger partial charge in [0.15, 0.2) is 0 Å². The van der Waals surface area contributed by atoms with Crippen LogP contribution in [-0.2, 0) is 10.0 Å². The lowest BCUT2D eigenvalue weighted by atomic mass is 9.83. The van der Waals surface area contributed by atoms with Crippen LogP contribution in [0, 0.1) is 5.41 Å². The second-order valence-corrected chi connectivity index (χ2v) is 7.49. The van der Waals surface area contributed by atoms with Crippen molar-refractivity contribution >= 4 is 15.7 Å². The lowest BCUT2D eigenvalue weighted by Crippen LogP contribution is -2.39. The number of rotatable bonds is 3. The summed E-state index contributed by atoms with van der Waals surface area (Å²) in [5.41, 5.74) is 1.44. The first-order valence-corrected chi connectivity index (χ1v) is 7.80. The third kappa shape index (κ3) is 2.72. The SMILES string of the molecule is CNC(CC1=NS(=O)(=O)c2ccccc21)C(C)(C)C. The molecule has 1 aromatic rings. The van der Waals surface area contributed by atoms with Crippen molar-refractivity contribution in [3.8, 4) is 0 Å². The van der Waals surface area contributed by atoms with Crippen LogP contribution in [0.2, 0.25) is 0 Å². The summed E-state index contributed by atoms with van der Waals surface area (Å²) >= 11 is 0. The number of hydrogen-bond donors (Lipinski definition) is 1. The van der Waals surface area contributed by atoms with Crippen molar-refractivity contribution in [2.24, 2.45) is 9.81 Å². The molecule has 1 N–H and O–H groups in total. The standard InChI is InChI=1S/C14H20N2O2S/c1-14(2,3)13(15-4)9-11-10-7-5-6-8-12(10)19(17,18)16-11/h5-8,13,15H,9H2,1-4H3. The van der Waals surface area contributed by atoms with Crippen molar-refractivity contribution in [3.63, 3.8) is 0 Å². The molecular weight excluding hydrogens is 260 g/mol. The van der Waals surface area contributed by atoms with Gasteiger partial charge in [-0.1, -0.05) is 39.0 Å². The Morgan fingerprint density at radius 1 is 1.26 bits per heavy atom. The number of nitrogens with one attached hydrogen (secondary N) is 1. The van der Waals surface area contributed by atoms with Gasteiger partial charge in [0, 0.05) is 18.0 Å². The lowest BCUT2D eigenvalue weighted by Gasteiger charge is -2.30. The van der Waals surface area contributed by atoms with E-state index in [-0.39, 0.29) is 11.5 Å². The van der Waals surface area contributed by atoms with Crippen LogP contribution < -0.4 is 5.32 Å². The normalized spacial score (nSPS) is 18.8. The minimum atomic E-state index is -3.49. The van der Waals surface area contributed by atoms with Crippen molar-refractivity contribution < 1.29 is 8.42 Å². The Hall–Kier alpha value is -1.20. The van der Waals surface area contributed by atoms with Crippen LogP contribution >= 0.6 is 0 Å². The lowest BCUT2D eigenvalue weighted by molar-refractivity contribution is 0.288. The van der Waals surface area contributed by atoms with Gasteiger partial charge in [-0.15, -0.1) is 0 Å². The van der Waals surface area contributed by atoms with Gasteiger partial charge >= 0.3 is 0 Å². The molecule has 0 bridgehead atoms. The molecular formula is C14H20N2O2S. The Morgan fingerprint density at radius 3 is 2.47 bits per heavy atom. The van der Waals surface area contributed by atoms with Gasteiger partial charge < -0.3 is 5.32 Å². The van der Waals surface area contributed by atoms with Crippen molar-refractivity contribution in [1.82, 2.24) is 5.32 Å². The highest BCUT2D eigenvalue weighted by molar-refractivity contribution is 7.90. The molecule has 4 nitrogen and oxygen atoms in total. The molecule has 2 rings (SSSR count). The molecule has 0 amide bonds. The van der Waals surface area contributed by atoms with Crippen molar-refractivity contribution in [3.05, 3.63) is 29.8 Å². The Labute approximate surface area is 115 Å². The van der Waals surface area contributed by atoms with Crippen molar-refractivity contribution in [2.45, 2.75) is 38.1 Å². The van der Waals surface area contributed by atoms with Crippen LogP contribution in [-0.4, -0.2) is 27.2 Å². The number of fused-ring (bicyclic) bond motifs is 1. The van der Waals surface area contributed by atoms with E-state index >= 15 is 0 Å². The zero-order valence-corrected chi connectivity index (χ0v) is 12.6. The molecule has 0 aromatic heterocycles. The Bertz CT molecular complexity index is 613. The second kappa shape index (κ2) is 4.72. The molecule has 1 aliphatic heterocycles. The summed E-state index contributed by atoms with van der Waals surface area (Å²) in [4.78, 5) is 0.328. The van der Waals surface area contributed by atoms with Crippen LogP contribution in [0.5, 0.6) is 0 Å². The predicted octanol–water partition coefficient (Wildman–Crippen LogP) is 2.20. The van der Waals surface area contributed by atoms with Gasteiger partial charge in [0.2, 0.25) is 0 Å². The molecule has 1 heterocycles. The molecule has 1 atom stereocenters. The Balaban J connectivity index is 2.38. The Kier molecular flexibility index (Phi) is 3.53. The molecule has 19 heavy (non-hydrogen) atoms. The third-order valence-electron chi connectivity index (χ3n) is 3.50. The fraction of sp³-hybridized carbons (Fsp3) is 0.500. The van der Waals surface area contributed by atoms with Crippen LogP contribution in [0.3, 0.4) is 0 Å². The van der Waals surface area contributed by atoms with Gasteiger partial charge in [0.1, 0.15) is 0 Å². The Morgan fingerprint density at radius 2 is 1.89 bits per heavy atom. The average Bonchev–Trinajstić information content (AvgIpc) is 2.57. The van der Waals surface area contributed by atoms with Gasteiger partial charge in [-0.05, 0) is 18.5 Å². The maximum atomic E-state index is 12.0. The van der Waals surface area contributed by atoms with Crippen molar-refractivity contribution in [1.29, 1.82) is 0 Å². The average molecular weight is 280 g/mol. The highest BCUT2D eigenvalue weighted by Gasteiger charge is 2.32. The summed E-state index contributed by atoms with van der Waals surface area (Å²) in [6, 6.07) is 7.20. The first kappa shape index (κ1) is 14.2. The summed E-state index contributed by atoms with van der Waals surface area (Å²) in [5, 5.41) is 3.25. The summed E-state index contributed by atoms with van der Waals surface area (Å²) in [5.74, 6) is 0. The number of sulfonamides is 1. The van der Waals surface area contributed by atoms with Gasteiger partial charge in [0.25, 0.3) is 10.0 Å². The number of nitrogens with zero attached hydrogens (tertiary/aromatic N) is 1. The smallest absolute Gasteiger partial charge is 0.283 e. The second-order valence-electron chi connectivity index (χ2n) is 5.92. The van der Waals surface area contributed by atoms with E-state index in [2.05, 4.69) is 30.5 Å². The highest BCUT2D eigenvalue weighted by atomic mass is 32.2. The summed E-state index contributed by atoms with van der Waals surface area (Å²) in [6.07, 6.45) is 0.607. The van der Waals surface area contributed by atoms with Crippen molar-refractivity contribution in [2.75, 3.05) is 7.05 Å². The van der Waals surface area contributed by atoms with Gasteiger partial charge in [0.05, 0.1) is 10.6 Å². The molecule has 1 aromatic carbocycles.